The molecule has 1 amide bonds. The Morgan fingerprint density at radius 3 is 2.78 bits per heavy atom. The Hall–Kier alpha value is -2.77. The molecule has 3 aromatic rings. The summed E-state index contributed by atoms with van der Waals surface area (Å²) in [6.45, 7) is 1.96. The number of carbonyl (C=O) groups excluding carboxylic acids is 1. The second-order valence-corrected chi connectivity index (χ2v) is 9.65. The number of nitrogens with one attached hydrogen (secondary N) is 1. The number of aromatic nitrogens is 4. The van der Waals surface area contributed by atoms with Crippen molar-refractivity contribution in [2.24, 2.45) is 5.73 Å². The standard InChI is InChI=1S/C22H29N6O7P/c1-2-3-8-33-36(31,32)35-16-9-18(34-17(16)11-29)28-13-26-19-20(24-12-25-21(19)28)27-22(30)15-6-4-14(10-23)5-7-15/h4-7,12-13,16-18,29H,2-3,8-11,23H2,1H3,(H,31,32)(H,24,25,27,30)/t16?,17-,18-/m1/s1. The van der Waals surface area contributed by atoms with Crippen molar-refractivity contribution in [2.75, 3.05) is 18.5 Å². The minimum absolute atomic E-state index is 0.0831. The summed E-state index contributed by atoms with van der Waals surface area (Å²) in [5, 5.41) is 12.5. The SMILES string of the molecule is CCCCOP(=O)(O)OC1C[C@H](n2cnc3c(NC(=O)c4ccc(CN)cc4)ncnc32)O[C@@H]1CO. The number of aliphatic hydroxyl groups excluding tert-OH is 1. The van der Waals surface area contributed by atoms with Gasteiger partial charge in [0.05, 0.1) is 19.5 Å². The zero-order valence-corrected chi connectivity index (χ0v) is 20.6. The lowest BCUT2D eigenvalue weighted by molar-refractivity contribution is -0.0438. The lowest BCUT2D eigenvalue weighted by Gasteiger charge is -2.19. The predicted octanol–water partition coefficient (Wildman–Crippen LogP) is 2.12. The van der Waals surface area contributed by atoms with Crippen LogP contribution in [0.3, 0.4) is 0 Å². The molecule has 14 heteroatoms. The number of hydrogen-bond donors (Lipinski definition) is 4. The van der Waals surface area contributed by atoms with Gasteiger partial charge in [-0.3, -0.25) is 18.4 Å². The maximum atomic E-state index is 12.7. The molecule has 5 N–H and O–H groups in total. The van der Waals surface area contributed by atoms with Gasteiger partial charge in [0.1, 0.15) is 24.8 Å². The van der Waals surface area contributed by atoms with E-state index >= 15 is 0 Å². The summed E-state index contributed by atoms with van der Waals surface area (Å²) in [6, 6.07) is 6.88. The van der Waals surface area contributed by atoms with E-state index in [9.17, 15) is 19.4 Å². The van der Waals surface area contributed by atoms with E-state index in [0.717, 1.165) is 12.0 Å². The first-order chi connectivity index (χ1) is 17.3. The molecular weight excluding hydrogens is 491 g/mol. The van der Waals surface area contributed by atoms with Crippen molar-refractivity contribution in [1.82, 2.24) is 19.5 Å². The zero-order valence-electron chi connectivity index (χ0n) is 19.7. The van der Waals surface area contributed by atoms with Crippen molar-refractivity contribution in [3.05, 3.63) is 48.0 Å². The quantitative estimate of drug-likeness (QED) is 0.214. The molecule has 4 rings (SSSR count). The lowest BCUT2D eigenvalue weighted by atomic mass is 10.1. The number of benzene rings is 1. The molecule has 0 saturated carbocycles. The molecule has 13 nitrogen and oxygen atoms in total. The van der Waals surface area contributed by atoms with Crippen LogP contribution in [0.1, 0.15) is 48.3 Å². The number of ether oxygens (including phenoxy) is 1. The number of nitrogens with two attached hydrogens (primary N) is 1. The van der Waals surface area contributed by atoms with E-state index in [1.807, 2.05) is 6.92 Å². The molecular formula is C22H29N6O7P. The molecule has 36 heavy (non-hydrogen) atoms. The molecule has 1 aliphatic rings. The summed E-state index contributed by atoms with van der Waals surface area (Å²) in [6.07, 6.45) is 1.83. The van der Waals surface area contributed by atoms with Crippen LogP contribution in [0, 0.1) is 0 Å². The summed E-state index contributed by atoms with van der Waals surface area (Å²) >= 11 is 0. The lowest BCUT2D eigenvalue weighted by Crippen LogP contribution is -2.27. The van der Waals surface area contributed by atoms with Gasteiger partial charge in [-0.05, 0) is 24.1 Å². The van der Waals surface area contributed by atoms with E-state index in [1.54, 1.807) is 28.8 Å². The first-order valence-electron chi connectivity index (χ1n) is 11.5. The summed E-state index contributed by atoms with van der Waals surface area (Å²) in [5.74, 6) is -0.166. The molecule has 0 bridgehead atoms. The number of imidazole rings is 1. The Balaban J connectivity index is 1.50. The zero-order chi connectivity index (χ0) is 25.7. The summed E-state index contributed by atoms with van der Waals surface area (Å²) in [5.41, 5.74) is 7.63. The van der Waals surface area contributed by atoms with Crippen LogP contribution in [-0.4, -0.2) is 60.8 Å². The minimum Gasteiger partial charge on any atom is -0.394 e. The smallest absolute Gasteiger partial charge is 0.394 e. The Kier molecular flexibility index (Phi) is 8.42. The Labute approximate surface area is 207 Å². The number of rotatable bonds is 11. The topological polar surface area (TPSA) is 184 Å². The van der Waals surface area contributed by atoms with Crippen LogP contribution in [0.5, 0.6) is 0 Å². The average Bonchev–Trinajstić information content (AvgIpc) is 3.48. The van der Waals surface area contributed by atoms with Crippen molar-refractivity contribution in [3.8, 4) is 0 Å². The molecule has 1 aromatic carbocycles. The molecule has 0 aliphatic carbocycles. The first kappa shape index (κ1) is 26.3. The highest BCUT2D eigenvalue weighted by Gasteiger charge is 2.41. The second-order valence-electron chi connectivity index (χ2n) is 8.25. The Morgan fingerprint density at radius 2 is 2.08 bits per heavy atom. The Morgan fingerprint density at radius 1 is 1.31 bits per heavy atom. The van der Waals surface area contributed by atoms with Gasteiger partial charge in [-0.25, -0.2) is 19.5 Å². The third-order valence-corrected chi connectivity index (χ3v) is 6.78. The van der Waals surface area contributed by atoms with Crippen LogP contribution in [0.25, 0.3) is 11.2 Å². The van der Waals surface area contributed by atoms with Crippen LogP contribution < -0.4 is 11.1 Å². The minimum atomic E-state index is -4.33. The van der Waals surface area contributed by atoms with Gasteiger partial charge in [0.15, 0.2) is 17.0 Å². The fraction of sp³-hybridized carbons (Fsp3) is 0.455. The van der Waals surface area contributed by atoms with E-state index in [-0.39, 0.29) is 24.8 Å². The fourth-order valence-corrected chi connectivity index (χ4v) is 4.78. The van der Waals surface area contributed by atoms with E-state index in [4.69, 9.17) is 19.5 Å². The number of carbonyl (C=O) groups is 1. The van der Waals surface area contributed by atoms with Gasteiger partial charge in [0, 0.05) is 18.5 Å². The average molecular weight is 520 g/mol. The van der Waals surface area contributed by atoms with Gasteiger partial charge in [0.2, 0.25) is 0 Å². The van der Waals surface area contributed by atoms with Gasteiger partial charge in [0.25, 0.3) is 5.91 Å². The molecule has 3 heterocycles. The number of phosphoric ester groups is 1. The maximum absolute atomic E-state index is 12.7. The van der Waals surface area contributed by atoms with Gasteiger partial charge in [-0.2, -0.15) is 0 Å². The van der Waals surface area contributed by atoms with E-state index < -0.39 is 32.9 Å². The highest BCUT2D eigenvalue weighted by molar-refractivity contribution is 7.47. The van der Waals surface area contributed by atoms with Crippen molar-refractivity contribution in [1.29, 1.82) is 0 Å². The maximum Gasteiger partial charge on any atom is 0.472 e. The molecule has 2 aromatic heterocycles. The van der Waals surface area contributed by atoms with Crippen LogP contribution in [0.15, 0.2) is 36.9 Å². The molecule has 2 unspecified atom stereocenters. The van der Waals surface area contributed by atoms with Gasteiger partial charge in [-0.1, -0.05) is 25.5 Å². The molecule has 0 radical (unpaired) electrons. The largest absolute Gasteiger partial charge is 0.472 e. The number of amides is 1. The van der Waals surface area contributed by atoms with Crippen LogP contribution >= 0.6 is 7.82 Å². The highest BCUT2D eigenvalue weighted by atomic mass is 31.2. The van der Waals surface area contributed by atoms with Gasteiger partial charge in [-0.15, -0.1) is 0 Å². The Bertz CT molecular complexity index is 1240. The van der Waals surface area contributed by atoms with Crippen molar-refractivity contribution < 1.29 is 33.1 Å². The van der Waals surface area contributed by atoms with Crippen molar-refractivity contribution in [2.45, 2.75) is 51.2 Å². The van der Waals surface area contributed by atoms with Crippen LogP contribution in [0.4, 0.5) is 5.82 Å². The number of unbranched alkanes of at least 4 members (excludes halogenated alkanes) is 1. The van der Waals surface area contributed by atoms with Gasteiger partial charge < -0.3 is 25.8 Å². The molecule has 4 atom stereocenters. The number of hydrogen-bond acceptors (Lipinski definition) is 10. The summed E-state index contributed by atoms with van der Waals surface area (Å²) in [7, 11) is -4.33. The molecule has 194 valence electrons. The van der Waals surface area contributed by atoms with Gasteiger partial charge >= 0.3 is 7.82 Å². The molecule has 0 spiro atoms. The first-order valence-corrected chi connectivity index (χ1v) is 13.0. The van der Waals surface area contributed by atoms with E-state index in [0.29, 0.717) is 29.7 Å². The monoisotopic (exact) mass is 520 g/mol. The third-order valence-electron chi connectivity index (χ3n) is 5.73. The molecule has 1 saturated heterocycles. The number of phosphoric acid groups is 1. The van der Waals surface area contributed by atoms with Crippen LogP contribution in [0.2, 0.25) is 0 Å². The van der Waals surface area contributed by atoms with Crippen LogP contribution in [-0.2, 0) is 24.9 Å². The number of aliphatic hydroxyl groups is 1. The highest BCUT2D eigenvalue weighted by Crippen LogP contribution is 2.48. The molecule has 1 fully saturated rings. The predicted molar refractivity (Wildman–Crippen MR) is 129 cm³/mol. The number of fused-ring (bicyclic) bond motifs is 1. The summed E-state index contributed by atoms with van der Waals surface area (Å²) < 4.78 is 30.0. The second kappa shape index (κ2) is 11.5. The van der Waals surface area contributed by atoms with E-state index in [2.05, 4.69) is 20.3 Å². The molecule has 1 aliphatic heterocycles. The van der Waals surface area contributed by atoms with Crippen molar-refractivity contribution in [3.63, 3.8) is 0 Å². The fourth-order valence-electron chi connectivity index (χ4n) is 3.80. The number of anilines is 1. The third kappa shape index (κ3) is 5.95. The normalized spacial score (nSPS) is 21.5. The summed E-state index contributed by atoms with van der Waals surface area (Å²) in [4.78, 5) is 35.5. The number of nitrogens with zero attached hydrogens (tertiary/aromatic N) is 4. The van der Waals surface area contributed by atoms with E-state index in [1.165, 1.54) is 12.7 Å². The van der Waals surface area contributed by atoms with Crippen molar-refractivity contribution >= 4 is 30.7 Å².